The van der Waals surface area contributed by atoms with Crippen molar-refractivity contribution in [3.05, 3.63) is 86.3 Å². The number of hydrogen-bond donors (Lipinski definition) is 1. The summed E-state index contributed by atoms with van der Waals surface area (Å²) in [4.78, 5) is 17.2. The van der Waals surface area contributed by atoms with Crippen molar-refractivity contribution in [3.63, 3.8) is 0 Å². The average Bonchev–Trinajstić information content (AvgIpc) is 3.21. The van der Waals surface area contributed by atoms with Gasteiger partial charge in [0.2, 0.25) is 5.89 Å². The van der Waals surface area contributed by atoms with Crippen LogP contribution in [-0.4, -0.2) is 17.5 Å². The summed E-state index contributed by atoms with van der Waals surface area (Å²) in [5.74, 6) is 0.844. The Morgan fingerprint density at radius 3 is 2.68 bits per heavy atom. The summed E-state index contributed by atoms with van der Waals surface area (Å²) in [6, 6.07) is 20.7. The first-order chi connectivity index (χ1) is 16.4. The standard InChI is InChI=1S/C26H17Br2ClN2O3/c1-14-10-15(27)11-20(28)25(14)33-13-24(32)30-16-8-9-23-22(12-16)31-26(34-23)19-6-2-5-18-17(19)4-3-7-21(18)29/h2-12H,13H2,1H3,(H,30,32). The normalized spacial score (nSPS) is 11.2. The van der Waals surface area contributed by atoms with Crippen molar-refractivity contribution < 1.29 is 13.9 Å². The fourth-order valence-corrected chi connectivity index (χ4v) is 5.58. The lowest BCUT2D eigenvalue weighted by atomic mass is 10.0. The number of carbonyl (C=O) groups is 1. The van der Waals surface area contributed by atoms with Crippen LogP contribution in [0.1, 0.15) is 5.56 Å². The zero-order chi connectivity index (χ0) is 23.8. The van der Waals surface area contributed by atoms with Gasteiger partial charge in [0.25, 0.3) is 5.91 Å². The van der Waals surface area contributed by atoms with Gasteiger partial charge >= 0.3 is 0 Å². The molecule has 0 aliphatic carbocycles. The summed E-state index contributed by atoms with van der Waals surface area (Å²) in [5.41, 5.74) is 3.64. The lowest BCUT2D eigenvalue weighted by molar-refractivity contribution is -0.118. The molecule has 1 amide bonds. The number of fused-ring (bicyclic) bond motifs is 2. The van der Waals surface area contributed by atoms with E-state index in [1.807, 2.05) is 55.5 Å². The number of carbonyl (C=O) groups excluding carboxylic acids is 1. The number of nitrogens with zero attached hydrogens (tertiary/aromatic N) is 1. The molecule has 0 radical (unpaired) electrons. The number of amides is 1. The van der Waals surface area contributed by atoms with Crippen molar-refractivity contribution in [3.8, 4) is 17.2 Å². The summed E-state index contributed by atoms with van der Waals surface area (Å²) < 4.78 is 13.4. The number of oxazole rings is 1. The number of anilines is 1. The molecule has 5 aromatic rings. The third-order valence-electron chi connectivity index (χ3n) is 5.31. The van der Waals surface area contributed by atoms with Gasteiger partial charge in [-0.05, 0) is 76.3 Å². The van der Waals surface area contributed by atoms with Gasteiger partial charge in [-0.2, -0.15) is 0 Å². The SMILES string of the molecule is Cc1cc(Br)cc(Br)c1OCC(=O)Nc1ccc2oc(-c3cccc4c(Cl)cccc34)nc2c1. The van der Waals surface area contributed by atoms with Gasteiger partial charge in [0.15, 0.2) is 12.2 Å². The Morgan fingerprint density at radius 1 is 1.06 bits per heavy atom. The molecule has 0 atom stereocenters. The number of aromatic nitrogens is 1. The highest BCUT2D eigenvalue weighted by atomic mass is 79.9. The molecule has 0 saturated carbocycles. The highest BCUT2D eigenvalue weighted by Crippen LogP contribution is 2.34. The van der Waals surface area contributed by atoms with E-state index in [1.54, 1.807) is 18.2 Å². The smallest absolute Gasteiger partial charge is 0.262 e. The van der Waals surface area contributed by atoms with E-state index in [4.69, 9.17) is 20.8 Å². The van der Waals surface area contributed by atoms with Crippen molar-refractivity contribution in [2.24, 2.45) is 0 Å². The third-order valence-corrected chi connectivity index (χ3v) is 6.69. The topological polar surface area (TPSA) is 64.4 Å². The van der Waals surface area contributed by atoms with Crippen LogP contribution in [0.3, 0.4) is 0 Å². The molecule has 1 N–H and O–H groups in total. The molecule has 5 rings (SSSR count). The highest BCUT2D eigenvalue weighted by Gasteiger charge is 2.14. The molecule has 0 fully saturated rings. The average molecular weight is 601 g/mol. The molecule has 0 spiro atoms. The van der Waals surface area contributed by atoms with Crippen molar-refractivity contribution in [1.82, 2.24) is 4.98 Å². The Morgan fingerprint density at radius 2 is 1.85 bits per heavy atom. The molecular formula is C26H17Br2ClN2O3. The van der Waals surface area contributed by atoms with E-state index in [-0.39, 0.29) is 12.5 Å². The second kappa shape index (κ2) is 9.41. The Hall–Kier alpha value is -2.87. The lowest BCUT2D eigenvalue weighted by Gasteiger charge is -2.12. The second-order valence-electron chi connectivity index (χ2n) is 7.71. The molecule has 0 aliphatic rings. The van der Waals surface area contributed by atoms with Gasteiger partial charge in [-0.25, -0.2) is 4.98 Å². The van der Waals surface area contributed by atoms with Crippen LogP contribution in [0, 0.1) is 6.92 Å². The maximum atomic E-state index is 12.5. The molecule has 0 bridgehead atoms. The van der Waals surface area contributed by atoms with E-state index < -0.39 is 0 Å². The molecule has 5 nitrogen and oxygen atoms in total. The van der Waals surface area contributed by atoms with Gasteiger partial charge in [0.05, 0.1) is 4.47 Å². The maximum absolute atomic E-state index is 12.5. The lowest BCUT2D eigenvalue weighted by Crippen LogP contribution is -2.20. The second-order valence-corrected chi connectivity index (χ2v) is 9.89. The van der Waals surface area contributed by atoms with Crippen molar-refractivity contribution >= 4 is 76.9 Å². The van der Waals surface area contributed by atoms with Gasteiger partial charge in [-0.3, -0.25) is 4.79 Å². The van der Waals surface area contributed by atoms with Crippen LogP contribution in [0.4, 0.5) is 5.69 Å². The number of nitrogens with one attached hydrogen (secondary N) is 1. The molecule has 1 aromatic heterocycles. The highest BCUT2D eigenvalue weighted by molar-refractivity contribution is 9.11. The van der Waals surface area contributed by atoms with Gasteiger partial charge in [-0.1, -0.05) is 51.8 Å². The van der Waals surface area contributed by atoms with Gasteiger partial charge < -0.3 is 14.5 Å². The van der Waals surface area contributed by atoms with E-state index >= 15 is 0 Å². The van der Waals surface area contributed by atoms with Crippen molar-refractivity contribution in [2.75, 3.05) is 11.9 Å². The molecule has 4 aromatic carbocycles. The minimum absolute atomic E-state index is 0.125. The maximum Gasteiger partial charge on any atom is 0.262 e. The predicted octanol–water partition coefficient (Wildman–Crippen LogP) is 8.15. The van der Waals surface area contributed by atoms with E-state index in [9.17, 15) is 4.79 Å². The summed E-state index contributed by atoms with van der Waals surface area (Å²) in [6.45, 7) is 1.79. The number of benzene rings is 4. The zero-order valence-electron chi connectivity index (χ0n) is 17.9. The Labute approximate surface area is 217 Å². The van der Waals surface area contributed by atoms with Crippen LogP contribution >= 0.6 is 43.5 Å². The van der Waals surface area contributed by atoms with E-state index in [1.165, 1.54) is 0 Å². The number of hydrogen-bond acceptors (Lipinski definition) is 4. The van der Waals surface area contributed by atoms with E-state index in [0.717, 1.165) is 30.8 Å². The molecule has 0 saturated heterocycles. The van der Waals surface area contributed by atoms with Gasteiger partial charge in [-0.15, -0.1) is 0 Å². The van der Waals surface area contributed by atoms with E-state index in [0.29, 0.717) is 33.4 Å². The van der Waals surface area contributed by atoms with Crippen molar-refractivity contribution in [1.29, 1.82) is 0 Å². The summed E-state index contributed by atoms with van der Waals surface area (Å²) >= 11 is 13.3. The fourth-order valence-electron chi connectivity index (χ4n) is 3.79. The molecule has 34 heavy (non-hydrogen) atoms. The van der Waals surface area contributed by atoms with E-state index in [2.05, 4.69) is 42.2 Å². The Bertz CT molecular complexity index is 1540. The molecule has 1 heterocycles. The summed E-state index contributed by atoms with van der Waals surface area (Å²) in [6.07, 6.45) is 0. The number of ether oxygens (including phenoxy) is 1. The Kier molecular flexibility index (Phi) is 6.34. The molecule has 0 unspecified atom stereocenters. The van der Waals surface area contributed by atoms with Crippen LogP contribution in [0.5, 0.6) is 5.75 Å². The molecular weight excluding hydrogens is 584 g/mol. The fraction of sp³-hybridized carbons (Fsp3) is 0.0769. The number of aryl methyl sites for hydroxylation is 1. The third kappa shape index (κ3) is 4.56. The quantitative estimate of drug-likeness (QED) is 0.221. The molecule has 170 valence electrons. The van der Waals surface area contributed by atoms with Crippen molar-refractivity contribution in [2.45, 2.75) is 6.92 Å². The van der Waals surface area contributed by atoms with Crippen LogP contribution in [0.15, 0.2) is 80.1 Å². The van der Waals surface area contributed by atoms with Gasteiger partial charge in [0.1, 0.15) is 11.3 Å². The van der Waals surface area contributed by atoms with Crippen LogP contribution in [0.25, 0.3) is 33.3 Å². The minimum Gasteiger partial charge on any atom is -0.482 e. The van der Waals surface area contributed by atoms with Gasteiger partial charge in [0, 0.05) is 26.1 Å². The summed E-state index contributed by atoms with van der Waals surface area (Å²) in [5, 5.41) is 5.42. The zero-order valence-corrected chi connectivity index (χ0v) is 21.8. The first-order valence-electron chi connectivity index (χ1n) is 10.4. The Balaban J connectivity index is 1.36. The first-order valence-corrected chi connectivity index (χ1v) is 12.3. The first kappa shape index (κ1) is 22.9. The summed E-state index contributed by atoms with van der Waals surface area (Å²) in [7, 11) is 0. The molecule has 0 aliphatic heterocycles. The molecule has 8 heteroatoms. The predicted molar refractivity (Wildman–Crippen MR) is 143 cm³/mol. The van der Waals surface area contributed by atoms with Crippen LogP contribution in [0.2, 0.25) is 5.02 Å². The number of rotatable bonds is 5. The minimum atomic E-state index is -0.277. The van der Waals surface area contributed by atoms with Crippen LogP contribution < -0.4 is 10.1 Å². The monoisotopic (exact) mass is 598 g/mol. The van der Waals surface area contributed by atoms with Crippen LogP contribution in [-0.2, 0) is 4.79 Å². The largest absolute Gasteiger partial charge is 0.482 e. The number of halogens is 3.